The normalized spacial score (nSPS) is 12.8. The standard InChI is InChI=1S/C11H14Cl2N2O2S/c1-3-10(11(12)13)14-15-18(16,17)9-6-4-8(2)5-7-9/h4-7,11,15H,3H2,1-2H3/b14-10-. The molecule has 0 unspecified atom stereocenters. The maximum atomic E-state index is 11.9. The van der Waals surface area contributed by atoms with E-state index in [9.17, 15) is 8.42 Å². The van der Waals surface area contributed by atoms with Gasteiger partial charge in [-0.05, 0) is 25.5 Å². The third-order valence-electron chi connectivity index (χ3n) is 2.25. The van der Waals surface area contributed by atoms with Crippen molar-refractivity contribution in [2.75, 3.05) is 0 Å². The highest BCUT2D eigenvalue weighted by atomic mass is 35.5. The Hall–Kier alpha value is -0.780. The number of halogens is 2. The molecule has 1 N–H and O–H groups in total. The molecule has 0 fully saturated rings. The number of nitrogens with zero attached hydrogens (tertiary/aromatic N) is 1. The number of hydrogen-bond acceptors (Lipinski definition) is 3. The van der Waals surface area contributed by atoms with Crippen LogP contribution in [0, 0.1) is 6.92 Å². The SMILES string of the molecule is CC/C(=N/NS(=O)(=O)c1ccc(C)cc1)C(Cl)Cl. The van der Waals surface area contributed by atoms with E-state index < -0.39 is 14.9 Å². The quantitative estimate of drug-likeness (QED) is 0.516. The summed E-state index contributed by atoms with van der Waals surface area (Å²) in [5.74, 6) is 0. The molecule has 0 aliphatic carbocycles. The molecule has 0 radical (unpaired) electrons. The second kappa shape index (κ2) is 6.41. The summed E-state index contributed by atoms with van der Waals surface area (Å²) < 4.78 is 23.8. The highest BCUT2D eigenvalue weighted by Crippen LogP contribution is 2.11. The topological polar surface area (TPSA) is 58.5 Å². The van der Waals surface area contributed by atoms with Crippen molar-refractivity contribution in [3.8, 4) is 0 Å². The van der Waals surface area contributed by atoms with Crippen LogP contribution in [0.15, 0.2) is 34.3 Å². The molecule has 0 aromatic heterocycles. The van der Waals surface area contributed by atoms with Gasteiger partial charge in [-0.3, -0.25) is 0 Å². The first-order valence-electron chi connectivity index (χ1n) is 5.30. The number of hydrogen-bond donors (Lipinski definition) is 1. The number of sulfonamides is 1. The fraction of sp³-hybridized carbons (Fsp3) is 0.364. The molecule has 0 heterocycles. The van der Waals surface area contributed by atoms with Crippen molar-refractivity contribution in [1.82, 2.24) is 4.83 Å². The zero-order chi connectivity index (χ0) is 13.8. The van der Waals surface area contributed by atoms with Crippen molar-refractivity contribution in [1.29, 1.82) is 0 Å². The van der Waals surface area contributed by atoms with E-state index in [4.69, 9.17) is 23.2 Å². The van der Waals surface area contributed by atoms with Gasteiger partial charge in [0.05, 0.1) is 10.6 Å². The molecule has 1 aromatic carbocycles. The fourth-order valence-corrected chi connectivity index (χ4v) is 2.41. The van der Waals surface area contributed by atoms with Gasteiger partial charge in [-0.25, -0.2) is 4.83 Å². The maximum absolute atomic E-state index is 11.9. The summed E-state index contributed by atoms with van der Waals surface area (Å²) in [5.41, 5.74) is 1.35. The Balaban J connectivity index is 2.92. The fourth-order valence-electron chi connectivity index (χ4n) is 1.17. The van der Waals surface area contributed by atoms with Crippen LogP contribution in [0.2, 0.25) is 0 Å². The van der Waals surface area contributed by atoms with Crippen LogP contribution in [-0.4, -0.2) is 19.0 Å². The highest BCUT2D eigenvalue weighted by Gasteiger charge is 2.14. The molecule has 7 heteroatoms. The second-order valence-corrected chi connectivity index (χ2v) is 6.42. The molecule has 0 saturated heterocycles. The van der Waals surface area contributed by atoms with Gasteiger partial charge in [-0.2, -0.15) is 13.5 Å². The average Bonchev–Trinajstić information content (AvgIpc) is 2.29. The van der Waals surface area contributed by atoms with Crippen LogP contribution in [0.25, 0.3) is 0 Å². The van der Waals surface area contributed by atoms with Crippen LogP contribution < -0.4 is 4.83 Å². The first-order chi connectivity index (χ1) is 8.36. The van der Waals surface area contributed by atoms with Gasteiger partial charge in [0.25, 0.3) is 10.0 Å². The molecule has 18 heavy (non-hydrogen) atoms. The van der Waals surface area contributed by atoms with E-state index >= 15 is 0 Å². The molecule has 0 bridgehead atoms. The van der Waals surface area contributed by atoms with Crippen LogP contribution in [0.5, 0.6) is 0 Å². The zero-order valence-corrected chi connectivity index (χ0v) is 12.4. The smallest absolute Gasteiger partial charge is 0.200 e. The number of benzene rings is 1. The van der Waals surface area contributed by atoms with Gasteiger partial charge < -0.3 is 0 Å². The van der Waals surface area contributed by atoms with Crippen molar-refractivity contribution >= 4 is 38.9 Å². The molecule has 0 aliphatic rings. The third-order valence-corrected chi connectivity index (χ3v) is 3.98. The molecular formula is C11H14Cl2N2O2S. The van der Waals surface area contributed by atoms with Crippen molar-refractivity contribution < 1.29 is 8.42 Å². The van der Waals surface area contributed by atoms with Crippen LogP contribution in [0.1, 0.15) is 18.9 Å². The molecule has 1 rings (SSSR count). The van der Waals surface area contributed by atoms with Crippen molar-refractivity contribution in [3.63, 3.8) is 0 Å². The van der Waals surface area contributed by atoms with Crippen LogP contribution in [0.3, 0.4) is 0 Å². The maximum Gasteiger partial charge on any atom is 0.276 e. The first kappa shape index (κ1) is 15.3. The molecule has 0 amide bonds. The summed E-state index contributed by atoms with van der Waals surface area (Å²) in [6.07, 6.45) is 0.466. The van der Waals surface area contributed by atoms with Gasteiger partial charge in [0.2, 0.25) is 0 Å². The molecule has 0 atom stereocenters. The van der Waals surface area contributed by atoms with E-state index in [-0.39, 0.29) is 4.90 Å². The summed E-state index contributed by atoms with van der Waals surface area (Å²) in [6.45, 7) is 3.67. The number of aryl methyl sites for hydroxylation is 1. The molecular weight excluding hydrogens is 295 g/mol. The molecule has 0 aliphatic heterocycles. The first-order valence-corrected chi connectivity index (χ1v) is 7.65. The Labute approximate surface area is 117 Å². The lowest BCUT2D eigenvalue weighted by Crippen LogP contribution is -2.22. The third kappa shape index (κ3) is 4.15. The van der Waals surface area contributed by atoms with Gasteiger partial charge in [-0.1, -0.05) is 47.8 Å². The molecule has 0 saturated carbocycles. The molecule has 0 spiro atoms. The zero-order valence-electron chi connectivity index (χ0n) is 10.0. The monoisotopic (exact) mass is 308 g/mol. The van der Waals surface area contributed by atoms with E-state index in [0.29, 0.717) is 12.1 Å². The lowest BCUT2D eigenvalue weighted by molar-refractivity contribution is 0.584. The van der Waals surface area contributed by atoms with Crippen LogP contribution >= 0.6 is 23.2 Å². The predicted octanol–water partition coefficient (Wildman–Crippen LogP) is 2.84. The summed E-state index contributed by atoms with van der Waals surface area (Å²) in [6, 6.07) is 6.45. The summed E-state index contributed by atoms with van der Waals surface area (Å²) >= 11 is 11.3. The average molecular weight is 309 g/mol. The largest absolute Gasteiger partial charge is 0.276 e. The lowest BCUT2D eigenvalue weighted by atomic mass is 10.2. The molecule has 1 aromatic rings. The van der Waals surface area contributed by atoms with E-state index in [1.165, 1.54) is 12.1 Å². The van der Waals surface area contributed by atoms with Crippen molar-refractivity contribution in [2.45, 2.75) is 30.0 Å². The number of nitrogens with one attached hydrogen (secondary N) is 1. The minimum atomic E-state index is -3.67. The Morgan fingerprint density at radius 3 is 2.33 bits per heavy atom. The van der Waals surface area contributed by atoms with Gasteiger partial charge in [0, 0.05) is 0 Å². The van der Waals surface area contributed by atoms with Crippen molar-refractivity contribution in [3.05, 3.63) is 29.8 Å². The molecule has 100 valence electrons. The number of hydrazone groups is 1. The Bertz CT molecular complexity index is 524. The van der Waals surface area contributed by atoms with Gasteiger partial charge >= 0.3 is 0 Å². The Morgan fingerprint density at radius 1 is 1.33 bits per heavy atom. The van der Waals surface area contributed by atoms with E-state index in [1.54, 1.807) is 19.1 Å². The molecule has 4 nitrogen and oxygen atoms in total. The minimum Gasteiger partial charge on any atom is -0.200 e. The van der Waals surface area contributed by atoms with Gasteiger partial charge in [0.1, 0.15) is 4.84 Å². The Morgan fingerprint density at radius 2 is 1.89 bits per heavy atom. The van der Waals surface area contributed by atoms with Gasteiger partial charge in [-0.15, -0.1) is 0 Å². The lowest BCUT2D eigenvalue weighted by Gasteiger charge is -2.07. The Kier molecular flexibility index (Phi) is 5.44. The summed E-state index contributed by atoms with van der Waals surface area (Å²) in [7, 11) is -3.67. The van der Waals surface area contributed by atoms with Gasteiger partial charge in [0.15, 0.2) is 0 Å². The van der Waals surface area contributed by atoms with Crippen LogP contribution in [0.4, 0.5) is 0 Å². The highest BCUT2D eigenvalue weighted by molar-refractivity contribution is 7.89. The van der Waals surface area contributed by atoms with Crippen LogP contribution in [-0.2, 0) is 10.0 Å². The summed E-state index contributed by atoms with van der Waals surface area (Å²) in [5, 5.41) is 3.73. The van der Waals surface area contributed by atoms with E-state index in [1.807, 2.05) is 6.92 Å². The van der Waals surface area contributed by atoms with E-state index in [0.717, 1.165) is 5.56 Å². The second-order valence-electron chi connectivity index (χ2n) is 3.67. The predicted molar refractivity (Wildman–Crippen MR) is 74.7 cm³/mol. The number of alkyl halides is 2. The van der Waals surface area contributed by atoms with Crippen molar-refractivity contribution in [2.24, 2.45) is 5.10 Å². The summed E-state index contributed by atoms with van der Waals surface area (Å²) in [4.78, 5) is 1.44. The van der Waals surface area contributed by atoms with E-state index in [2.05, 4.69) is 9.93 Å². The number of rotatable bonds is 5. The minimum absolute atomic E-state index is 0.146.